The fraction of sp³-hybridized carbons (Fsp3) is 0.600. The zero-order valence-corrected chi connectivity index (χ0v) is 12.1. The van der Waals surface area contributed by atoms with E-state index >= 15 is 0 Å². The third-order valence-electron chi connectivity index (χ3n) is 3.12. The summed E-state index contributed by atoms with van der Waals surface area (Å²) in [4.78, 5) is 0. The highest BCUT2D eigenvalue weighted by Gasteiger charge is 2.39. The molecule has 1 aromatic rings. The number of nitrogens with one attached hydrogen (secondary N) is 1. The summed E-state index contributed by atoms with van der Waals surface area (Å²) in [7, 11) is 0. The number of hydrogen-bond donors (Lipinski definition) is 1. The van der Waals surface area contributed by atoms with Gasteiger partial charge in [0.1, 0.15) is 0 Å². The molecule has 0 aliphatic carbocycles. The summed E-state index contributed by atoms with van der Waals surface area (Å²) >= 11 is 0. The molecule has 0 heterocycles. The summed E-state index contributed by atoms with van der Waals surface area (Å²) in [5, 5.41) is 3.25. The molecule has 0 aliphatic rings. The lowest BCUT2D eigenvalue weighted by molar-refractivity contribution is -0.227. The van der Waals surface area contributed by atoms with Crippen molar-refractivity contribution in [2.24, 2.45) is 0 Å². The van der Waals surface area contributed by atoms with E-state index in [0.29, 0.717) is 0 Å². The minimum atomic E-state index is -4.33. The van der Waals surface area contributed by atoms with Gasteiger partial charge in [0.2, 0.25) is 0 Å². The first-order valence-corrected chi connectivity index (χ1v) is 6.86. The molecule has 0 fully saturated rings. The van der Waals surface area contributed by atoms with Gasteiger partial charge in [-0.2, -0.15) is 13.2 Å². The van der Waals surface area contributed by atoms with E-state index in [1.165, 1.54) is 0 Å². The van der Waals surface area contributed by atoms with Crippen molar-refractivity contribution >= 4 is 0 Å². The van der Waals surface area contributed by atoms with Crippen molar-refractivity contribution in [3.8, 4) is 0 Å². The zero-order chi connectivity index (χ0) is 15.2. The maximum absolute atomic E-state index is 12.6. The highest BCUT2D eigenvalue weighted by Crippen LogP contribution is 2.27. The average Bonchev–Trinajstić information content (AvgIpc) is 2.39. The third-order valence-corrected chi connectivity index (χ3v) is 3.12. The molecular formula is C15H22F3NO. The van der Waals surface area contributed by atoms with E-state index in [9.17, 15) is 13.2 Å². The molecule has 0 saturated carbocycles. The van der Waals surface area contributed by atoms with Crippen molar-refractivity contribution in [1.82, 2.24) is 5.32 Å². The first-order valence-electron chi connectivity index (χ1n) is 6.86. The average molecular weight is 289 g/mol. The third kappa shape index (κ3) is 5.13. The van der Waals surface area contributed by atoms with Crippen LogP contribution in [-0.4, -0.2) is 24.9 Å². The Balaban J connectivity index is 2.78. The molecule has 0 radical (unpaired) electrons. The second-order valence-corrected chi connectivity index (χ2v) is 4.87. The molecule has 0 bridgehead atoms. The van der Waals surface area contributed by atoms with Crippen LogP contribution in [0.25, 0.3) is 0 Å². The second-order valence-electron chi connectivity index (χ2n) is 4.87. The number of ether oxygens (including phenoxy) is 1. The number of halogens is 3. The van der Waals surface area contributed by atoms with E-state index in [1.54, 1.807) is 6.92 Å². The van der Waals surface area contributed by atoms with E-state index < -0.39 is 18.4 Å². The van der Waals surface area contributed by atoms with Crippen molar-refractivity contribution in [2.75, 3.05) is 6.54 Å². The van der Waals surface area contributed by atoms with Gasteiger partial charge in [-0.25, -0.2) is 0 Å². The molecule has 20 heavy (non-hydrogen) atoms. The second kappa shape index (κ2) is 7.64. The van der Waals surface area contributed by atoms with Gasteiger partial charge in [0.15, 0.2) is 6.10 Å². The minimum Gasteiger partial charge on any atom is -0.364 e. The molecule has 1 aromatic carbocycles. The summed E-state index contributed by atoms with van der Waals surface area (Å²) in [5.41, 5.74) is 0.933. The minimum absolute atomic E-state index is 0.249. The van der Waals surface area contributed by atoms with Crippen molar-refractivity contribution in [1.29, 1.82) is 0 Å². The van der Waals surface area contributed by atoms with Crippen LogP contribution in [0.4, 0.5) is 13.2 Å². The summed E-state index contributed by atoms with van der Waals surface area (Å²) < 4.78 is 42.9. The first-order chi connectivity index (χ1) is 9.36. The highest BCUT2D eigenvalue weighted by molar-refractivity contribution is 5.20. The smallest absolute Gasteiger partial charge is 0.364 e. The van der Waals surface area contributed by atoms with Crippen LogP contribution in [-0.2, 0) is 4.74 Å². The van der Waals surface area contributed by atoms with Gasteiger partial charge in [-0.15, -0.1) is 0 Å². The number of rotatable bonds is 7. The summed E-state index contributed by atoms with van der Waals surface area (Å²) in [5.74, 6) is 0. The number of benzene rings is 1. The standard InChI is InChI=1S/C15H22F3NO/c1-4-10-19-14(13-8-6-5-7-9-13)11(2)20-12(3)15(16,17)18/h5-9,11-12,14,19H,4,10H2,1-3H3. The van der Waals surface area contributed by atoms with Crippen LogP contribution in [0, 0.1) is 0 Å². The van der Waals surface area contributed by atoms with Crippen LogP contribution in [0.5, 0.6) is 0 Å². The molecule has 0 aromatic heterocycles. The summed E-state index contributed by atoms with van der Waals surface area (Å²) in [6.45, 7) is 5.45. The van der Waals surface area contributed by atoms with Gasteiger partial charge in [0.05, 0.1) is 12.1 Å². The topological polar surface area (TPSA) is 21.3 Å². The van der Waals surface area contributed by atoms with E-state index in [-0.39, 0.29) is 6.04 Å². The monoisotopic (exact) mass is 289 g/mol. The fourth-order valence-electron chi connectivity index (χ4n) is 1.99. The Labute approximate surface area is 118 Å². The van der Waals surface area contributed by atoms with Gasteiger partial charge in [-0.1, -0.05) is 37.3 Å². The molecule has 114 valence electrons. The van der Waals surface area contributed by atoms with Crippen LogP contribution in [0.3, 0.4) is 0 Å². The molecule has 0 spiro atoms. The molecule has 2 nitrogen and oxygen atoms in total. The lowest BCUT2D eigenvalue weighted by Crippen LogP contribution is -2.38. The zero-order valence-electron chi connectivity index (χ0n) is 12.1. The molecular weight excluding hydrogens is 267 g/mol. The first kappa shape index (κ1) is 17.0. The van der Waals surface area contributed by atoms with Gasteiger partial charge in [-0.05, 0) is 32.4 Å². The van der Waals surface area contributed by atoms with E-state index in [4.69, 9.17) is 4.74 Å². The normalized spacial score (nSPS) is 16.7. The van der Waals surface area contributed by atoms with Crippen molar-refractivity contribution in [2.45, 2.75) is 51.6 Å². The Bertz CT molecular complexity index is 380. The largest absolute Gasteiger partial charge is 0.414 e. The maximum atomic E-state index is 12.6. The summed E-state index contributed by atoms with van der Waals surface area (Å²) in [6, 6.07) is 9.16. The molecule has 0 saturated heterocycles. The Kier molecular flexibility index (Phi) is 6.49. The predicted molar refractivity (Wildman–Crippen MR) is 73.5 cm³/mol. The van der Waals surface area contributed by atoms with Crippen molar-refractivity contribution in [3.63, 3.8) is 0 Å². The van der Waals surface area contributed by atoms with Crippen LogP contribution < -0.4 is 5.32 Å². The molecule has 1 N–H and O–H groups in total. The van der Waals surface area contributed by atoms with Gasteiger partial charge < -0.3 is 10.1 Å². The lowest BCUT2D eigenvalue weighted by Gasteiger charge is -2.29. The van der Waals surface area contributed by atoms with Gasteiger partial charge >= 0.3 is 6.18 Å². The van der Waals surface area contributed by atoms with Crippen LogP contribution >= 0.6 is 0 Å². The Morgan fingerprint density at radius 3 is 2.25 bits per heavy atom. The van der Waals surface area contributed by atoms with E-state index in [1.807, 2.05) is 37.3 Å². The Hall–Kier alpha value is -1.07. The molecule has 3 unspecified atom stereocenters. The molecule has 0 aliphatic heterocycles. The lowest BCUT2D eigenvalue weighted by atomic mass is 10.0. The maximum Gasteiger partial charge on any atom is 0.414 e. The highest BCUT2D eigenvalue weighted by atomic mass is 19.4. The fourth-order valence-corrected chi connectivity index (χ4v) is 1.99. The van der Waals surface area contributed by atoms with E-state index in [2.05, 4.69) is 5.32 Å². The quantitative estimate of drug-likeness (QED) is 0.816. The van der Waals surface area contributed by atoms with Crippen LogP contribution in [0.15, 0.2) is 30.3 Å². The van der Waals surface area contributed by atoms with Crippen LogP contribution in [0.1, 0.15) is 38.8 Å². The summed E-state index contributed by atoms with van der Waals surface area (Å²) in [6.07, 6.45) is -5.77. The SMILES string of the molecule is CCCNC(c1ccccc1)C(C)OC(C)C(F)(F)F. The molecule has 0 amide bonds. The number of alkyl halides is 3. The molecule has 3 atom stereocenters. The predicted octanol–water partition coefficient (Wildman–Crippen LogP) is 4.08. The number of hydrogen-bond acceptors (Lipinski definition) is 2. The van der Waals surface area contributed by atoms with Gasteiger partial charge in [0, 0.05) is 0 Å². The molecule has 5 heteroatoms. The van der Waals surface area contributed by atoms with Gasteiger partial charge in [0.25, 0.3) is 0 Å². The van der Waals surface area contributed by atoms with Crippen molar-refractivity contribution in [3.05, 3.63) is 35.9 Å². The Morgan fingerprint density at radius 1 is 1.15 bits per heavy atom. The van der Waals surface area contributed by atoms with Crippen molar-refractivity contribution < 1.29 is 17.9 Å². The van der Waals surface area contributed by atoms with E-state index in [0.717, 1.165) is 25.5 Å². The molecule has 1 rings (SSSR count). The van der Waals surface area contributed by atoms with Gasteiger partial charge in [-0.3, -0.25) is 0 Å². The van der Waals surface area contributed by atoms with Crippen LogP contribution in [0.2, 0.25) is 0 Å². The Morgan fingerprint density at radius 2 is 1.75 bits per heavy atom.